The van der Waals surface area contributed by atoms with Crippen molar-refractivity contribution in [3.8, 4) is 5.69 Å². The highest BCUT2D eigenvalue weighted by atomic mass is 16.5. The van der Waals surface area contributed by atoms with E-state index in [9.17, 15) is 4.79 Å². The Kier molecular flexibility index (Phi) is 5.39. The molecule has 0 bridgehead atoms. The van der Waals surface area contributed by atoms with Gasteiger partial charge < -0.3 is 10.1 Å². The summed E-state index contributed by atoms with van der Waals surface area (Å²) in [6, 6.07) is 17.4. The van der Waals surface area contributed by atoms with E-state index in [1.807, 2.05) is 60.8 Å². The molecule has 0 saturated carbocycles. The van der Waals surface area contributed by atoms with E-state index in [1.54, 1.807) is 24.1 Å². The molecule has 3 aromatic rings. The van der Waals surface area contributed by atoms with Crippen molar-refractivity contribution < 1.29 is 9.53 Å². The molecule has 0 spiro atoms. The number of nitrogens with zero attached hydrogens (tertiary/aromatic N) is 2. The van der Waals surface area contributed by atoms with Crippen LogP contribution in [0, 0.1) is 0 Å². The van der Waals surface area contributed by atoms with Crippen molar-refractivity contribution in [1.82, 2.24) is 9.78 Å². The molecule has 1 heterocycles. The number of hydrogen-bond donors (Lipinski definition) is 1. The molecule has 0 atom stereocenters. The third kappa shape index (κ3) is 4.65. The molecule has 1 aromatic heterocycles. The molecule has 0 unspecified atom stereocenters. The smallest absolute Gasteiger partial charge is 0.248 e. The number of rotatable bonds is 6. The van der Waals surface area contributed by atoms with Crippen molar-refractivity contribution in [2.45, 2.75) is 6.61 Å². The summed E-state index contributed by atoms with van der Waals surface area (Å²) in [5.74, 6) is -0.193. The van der Waals surface area contributed by atoms with Crippen LogP contribution in [0.3, 0.4) is 0 Å². The maximum atomic E-state index is 12.1. The molecule has 2 aromatic carbocycles. The number of methoxy groups -OCH3 is 1. The summed E-state index contributed by atoms with van der Waals surface area (Å²) in [4.78, 5) is 12.1. The average Bonchev–Trinajstić information content (AvgIpc) is 3.10. The number of nitrogens with one attached hydrogen (secondary N) is 1. The van der Waals surface area contributed by atoms with Gasteiger partial charge >= 0.3 is 0 Å². The Morgan fingerprint density at radius 2 is 2.04 bits per heavy atom. The summed E-state index contributed by atoms with van der Waals surface area (Å²) in [7, 11) is 1.64. The summed E-state index contributed by atoms with van der Waals surface area (Å²) in [5, 5.41) is 7.14. The summed E-state index contributed by atoms with van der Waals surface area (Å²) in [6.07, 6.45) is 6.82. The quantitative estimate of drug-likeness (QED) is 0.700. The first-order valence-corrected chi connectivity index (χ1v) is 7.91. The van der Waals surface area contributed by atoms with Crippen molar-refractivity contribution in [1.29, 1.82) is 0 Å². The first-order chi connectivity index (χ1) is 12.2. The van der Waals surface area contributed by atoms with E-state index >= 15 is 0 Å². The molecule has 126 valence electrons. The number of carbonyl (C=O) groups excluding carboxylic acids is 1. The van der Waals surface area contributed by atoms with Gasteiger partial charge in [-0.3, -0.25) is 4.79 Å². The van der Waals surface area contributed by atoms with Gasteiger partial charge in [0.2, 0.25) is 5.91 Å². The topological polar surface area (TPSA) is 56.1 Å². The van der Waals surface area contributed by atoms with Gasteiger partial charge in [-0.1, -0.05) is 30.3 Å². The normalized spacial score (nSPS) is 10.9. The molecule has 0 aliphatic carbocycles. The van der Waals surface area contributed by atoms with Crippen molar-refractivity contribution in [3.63, 3.8) is 0 Å². The first kappa shape index (κ1) is 16.7. The van der Waals surface area contributed by atoms with Gasteiger partial charge in [0, 0.05) is 30.6 Å². The van der Waals surface area contributed by atoms with Gasteiger partial charge in [0.25, 0.3) is 0 Å². The third-order valence-electron chi connectivity index (χ3n) is 3.56. The Balaban J connectivity index is 1.63. The zero-order valence-electron chi connectivity index (χ0n) is 13.9. The highest BCUT2D eigenvalue weighted by molar-refractivity contribution is 6.01. The van der Waals surface area contributed by atoms with E-state index < -0.39 is 0 Å². The molecule has 1 amide bonds. The van der Waals surface area contributed by atoms with Crippen LogP contribution in [0.5, 0.6) is 0 Å². The van der Waals surface area contributed by atoms with E-state index in [-0.39, 0.29) is 5.91 Å². The van der Waals surface area contributed by atoms with Crippen LogP contribution in [0.2, 0.25) is 0 Å². The molecule has 0 fully saturated rings. The molecule has 0 aliphatic rings. The average molecular weight is 333 g/mol. The summed E-state index contributed by atoms with van der Waals surface area (Å²) < 4.78 is 6.87. The summed E-state index contributed by atoms with van der Waals surface area (Å²) >= 11 is 0. The van der Waals surface area contributed by atoms with Crippen LogP contribution in [0.25, 0.3) is 11.8 Å². The lowest BCUT2D eigenvalue weighted by Crippen LogP contribution is -2.07. The van der Waals surface area contributed by atoms with Gasteiger partial charge in [-0.05, 0) is 35.9 Å². The maximum absolute atomic E-state index is 12.1. The number of anilines is 1. The Labute approximate surface area is 146 Å². The Bertz CT molecular complexity index is 869. The number of amides is 1. The number of hydrogen-bond acceptors (Lipinski definition) is 3. The number of benzene rings is 2. The minimum absolute atomic E-state index is 0.193. The first-order valence-electron chi connectivity index (χ1n) is 7.91. The highest BCUT2D eigenvalue weighted by Gasteiger charge is 2.01. The fourth-order valence-corrected chi connectivity index (χ4v) is 2.41. The summed E-state index contributed by atoms with van der Waals surface area (Å²) in [5.41, 5.74) is 3.58. The molecular formula is C20H19N3O2. The zero-order valence-corrected chi connectivity index (χ0v) is 13.9. The van der Waals surface area contributed by atoms with E-state index in [0.29, 0.717) is 6.61 Å². The predicted molar refractivity (Wildman–Crippen MR) is 98.4 cm³/mol. The SMILES string of the molecule is COCc1cccc(NC(=O)/C=C/c2cnn(-c3ccccc3)c2)c1. The van der Waals surface area contributed by atoms with E-state index in [1.165, 1.54) is 6.08 Å². The van der Waals surface area contributed by atoms with E-state index in [4.69, 9.17) is 4.74 Å². The molecule has 25 heavy (non-hydrogen) atoms. The van der Waals surface area contributed by atoms with Crippen LogP contribution < -0.4 is 5.32 Å². The number of para-hydroxylation sites is 1. The standard InChI is InChI=1S/C20H19N3O2/c1-25-15-16-6-5-7-18(12-16)22-20(24)11-10-17-13-21-23(14-17)19-8-3-2-4-9-19/h2-14H,15H2,1H3,(H,22,24)/b11-10+. The third-order valence-corrected chi connectivity index (χ3v) is 3.56. The molecule has 0 aliphatic heterocycles. The largest absolute Gasteiger partial charge is 0.380 e. The lowest BCUT2D eigenvalue weighted by Gasteiger charge is -2.05. The van der Waals surface area contributed by atoms with Gasteiger partial charge in [0.05, 0.1) is 18.5 Å². The van der Waals surface area contributed by atoms with Crippen LogP contribution in [-0.4, -0.2) is 22.8 Å². The van der Waals surface area contributed by atoms with Gasteiger partial charge in [0.1, 0.15) is 0 Å². The monoisotopic (exact) mass is 333 g/mol. The molecule has 5 nitrogen and oxygen atoms in total. The van der Waals surface area contributed by atoms with Crippen molar-refractivity contribution in [2.24, 2.45) is 0 Å². The Morgan fingerprint density at radius 1 is 1.20 bits per heavy atom. The van der Waals surface area contributed by atoms with Gasteiger partial charge in [-0.2, -0.15) is 5.10 Å². The second kappa shape index (κ2) is 8.08. The van der Waals surface area contributed by atoms with Crippen LogP contribution in [0.15, 0.2) is 73.1 Å². The number of ether oxygens (including phenoxy) is 1. The molecule has 5 heteroatoms. The van der Waals surface area contributed by atoms with E-state index in [2.05, 4.69) is 10.4 Å². The Morgan fingerprint density at radius 3 is 2.84 bits per heavy atom. The van der Waals surface area contributed by atoms with Gasteiger partial charge in [-0.25, -0.2) is 4.68 Å². The van der Waals surface area contributed by atoms with Crippen LogP contribution in [0.1, 0.15) is 11.1 Å². The summed E-state index contributed by atoms with van der Waals surface area (Å²) in [6.45, 7) is 0.512. The second-order valence-corrected chi connectivity index (χ2v) is 5.51. The lowest BCUT2D eigenvalue weighted by atomic mass is 10.2. The second-order valence-electron chi connectivity index (χ2n) is 5.51. The highest BCUT2D eigenvalue weighted by Crippen LogP contribution is 2.12. The number of aromatic nitrogens is 2. The number of carbonyl (C=O) groups is 1. The maximum Gasteiger partial charge on any atom is 0.248 e. The van der Waals surface area contributed by atoms with Gasteiger partial charge in [0.15, 0.2) is 0 Å². The molecule has 1 N–H and O–H groups in total. The fourth-order valence-electron chi connectivity index (χ4n) is 2.41. The zero-order chi connectivity index (χ0) is 17.5. The van der Waals surface area contributed by atoms with Crippen LogP contribution >= 0.6 is 0 Å². The minimum Gasteiger partial charge on any atom is -0.380 e. The lowest BCUT2D eigenvalue weighted by molar-refractivity contribution is -0.111. The predicted octanol–water partition coefficient (Wildman–Crippen LogP) is 3.67. The molecule has 0 radical (unpaired) electrons. The van der Waals surface area contributed by atoms with Crippen LogP contribution in [0.4, 0.5) is 5.69 Å². The Hall–Kier alpha value is -3.18. The van der Waals surface area contributed by atoms with Crippen molar-refractivity contribution in [2.75, 3.05) is 12.4 Å². The van der Waals surface area contributed by atoms with Crippen molar-refractivity contribution >= 4 is 17.7 Å². The fraction of sp³-hybridized carbons (Fsp3) is 0.100. The molecular weight excluding hydrogens is 314 g/mol. The minimum atomic E-state index is -0.193. The van der Waals surface area contributed by atoms with Gasteiger partial charge in [-0.15, -0.1) is 0 Å². The van der Waals surface area contributed by atoms with Crippen LogP contribution in [-0.2, 0) is 16.1 Å². The van der Waals surface area contributed by atoms with Crippen molar-refractivity contribution in [3.05, 3.63) is 84.2 Å². The molecule has 3 rings (SSSR count). The van der Waals surface area contributed by atoms with E-state index in [0.717, 1.165) is 22.5 Å². The molecule has 0 saturated heterocycles.